The summed E-state index contributed by atoms with van der Waals surface area (Å²) in [5, 5.41) is 11.1. The van der Waals surface area contributed by atoms with Gasteiger partial charge in [0.15, 0.2) is 0 Å². The number of ether oxygens (including phenoxy) is 1. The zero-order valence-electron chi connectivity index (χ0n) is 13.1. The van der Waals surface area contributed by atoms with E-state index < -0.39 is 12.0 Å². The van der Waals surface area contributed by atoms with Crippen LogP contribution >= 0.6 is 0 Å². The molecular weight excluding hydrogens is 258 g/mol. The standard InChI is InChI=1S/C15H27NO4/c1-12(2)15(19)20-11-9-7-6-8-10-13(14(17)18)16(3,4)5/h13H,1,6-11H2,2-5H3. The van der Waals surface area contributed by atoms with Gasteiger partial charge in [0.05, 0.1) is 33.7 Å². The molecule has 0 aliphatic rings. The van der Waals surface area contributed by atoms with Gasteiger partial charge in [-0.05, 0) is 19.8 Å². The Labute approximate surface area is 121 Å². The number of carbonyl (C=O) groups excluding carboxylic acids is 2. The van der Waals surface area contributed by atoms with Gasteiger partial charge in [0.1, 0.15) is 6.04 Å². The lowest BCUT2D eigenvalue weighted by atomic mass is 10.1. The number of nitrogens with zero attached hydrogens (tertiary/aromatic N) is 1. The third-order valence-corrected chi connectivity index (χ3v) is 3.16. The Kier molecular flexibility index (Phi) is 8.15. The summed E-state index contributed by atoms with van der Waals surface area (Å²) in [4.78, 5) is 22.2. The predicted octanol–water partition coefficient (Wildman–Crippen LogP) is 0.881. The summed E-state index contributed by atoms with van der Waals surface area (Å²) in [5.41, 5.74) is 0.407. The molecular formula is C15H27NO4. The molecule has 0 aromatic carbocycles. The lowest BCUT2D eigenvalue weighted by Crippen LogP contribution is -2.54. The lowest BCUT2D eigenvalue weighted by Gasteiger charge is -2.34. The van der Waals surface area contributed by atoms with E-state index in [1.54, 1.807) is 6.92 Å². The summed E-state index contributed by atoms with van der Waals surface area (Å²) in [6.07, 6.45) is 4.08. The summed E-state index contributed by atoms with van der Waals surface area (Å²) in [7, 11) is 5.58. The van der Waals surface area contributed by atoms with Crippen molar-refractivity contribution in [2.24, 2.45) is 0 Å². The van der Waals surface area contributed by atoms with Gasteiger partial charge >= 0.3 is 5.97 Å². The SMILES string of the molecule is C=C(C)C(=O)OCCCCCCC(C(=O)[O-])[N+](C)(C)C. The fourth-order valence-corrected chi connectivity index (χ4v) is 1.90. The Bertz CT molecular complexity index is 344. The van der Waals surface area contributed by atoms with E-state index in [9.17, 15) is 14.7 Å². The van der Waals surface area contributed by atoms with Crippen LogP contribution in [-0.4, -0.2) is 50.2 Å². The number of carbonyl (C=O) groups is 2. The van der Waals surface area contributed by atoms with E-state index in [4.69, 9.17) is 4.74 Å². The van der Waals surface area contributed by atoms with Crippen LogP contribution in [0.5, 0.6) is 0 Å². The molecule has 0 bridgehead atoms. The number of aliphatic carboxylic acids is 1. The highest BCUT2D eigenvalue weighted by Gasteiger charge is 2.24. The highest BCUT2D eigenvalue weighted by molar-refractivity contribution is 5.86. The van der Waals surface area contributed by atoms with Crippen molar-refractivity contribution in [1.82, 2.24) is 0 Å². The van der Waals surface area contributed by atoms with E-state index in [0.29, 0.717) is 23.1 Å². The fourth-order valence-electron chi connectivity index (χ4n) is 1.90. The van der Waals surface area contributed by atoms with Crippen LogP contribution in [0, 0.1) is 0 Å². The van der Waals surface area contributed by atoms with Crippen molar-refractivity contribution in [2.75, 3.05) is 27.7 Å². The summed E-state index contributed by atoms with van der Waals surface area (Å²) in [6, 6.07) is -0.476. The molecule has 0 heterocycles. The third kappa shape index (κ3) is 7.94. The second kappa shape index (κ2) is 8.74. The Morgan fingerprint density at radius 3 is 2.15 bits per heavy atom. The smallest absolute Gasteiger partial charge is 0.333 e. The molecule has 5 nitrogen and oxygen atoms in total. The van der Waals surface area contributed by atoms with Crippen LogP contribution in [-0.2, 0) is 14.3 Å². The van der Waals surface area contributed by atoms with E-state index in [1.165, 1.54) is 0 Å². The molecule has 0 fully saturated rings. The van der Waals surface area contributed by atoms with Crippen molar-refractivity contribution in [3.8, 4) is 0 Å². The van der Waals surface area contributed by atoms with Gasteiger partial charge < -0.3 is 19.1 Å². The molecule has 0 spiro atoms. The summed E-state index contributed by atoms with van der Waals surface area (Å²) < 4.78 is 5.35. The molecule has 0 radical (unpaired) electrons. The maximum Gasteiger partial charge on any atom is 0.333 e. The first-order valence-electron chi connectivity index (χ1n) is 7.01. The molecule has 0 saturated carbocycles. The van der Waals surface area contributed by atoms with Crippen LogP contribution < -0.4 is 5.11 Å². The van der Waals surface area contributed by atoms with Gasteiger partial charge in [-0.15, -0.1) is 0 Å². The van der Waals surface area contributed by atoms with Crippen LogP contribution in [0.2, 0.25) is 0 Å². The van der Waals surface area contributed by atoms with Gasteiger partial charge in [0, 0.05) is 12.0 Å². The minimum Gasteiger partial charge on any atom is -0.544 e. The second-order valence-corrected chi connectivity index (χ2v) is 6.07. The molecule has 5 heteroatoms. The minimum atomic E-state index is -0.993. The third-order valence-electron chi connectivity index (χ3n) is 3.16. The van der Waals surface area contributed by atoms with Crippen molar-refractivity contribution in [2.45, 2.75) is 45.1 Å². The predicted molar refractivity (Wildman–Crippen MR) is 75.7 cm³/mol. The Hall–Kier alpha value is -1.36. The number of carboxylic acids is 1. The zero-order valence-corrected chi connectivity index (χ0v) is 13.1. The van der Waals surface area contributed by atoms with Gasteiger partial charge in [0.25, 0.3) is 0 Å². The number of hydrogen-bond acceptors (Lipinski definition) is 4. The summed E-state index contributed by atoms with van der Waals surface area (Å²) in [5.74, 6) is -1.35. The first-order valence-corrected chi connectivity index (χ1v) is 7.01. The van der Waals surface area contributed by atoms with E-state index in [1.807, 2.05) is 21.1 Å². The Morgan fingerprint density at radius 1 is 1.15 bits per heavy atom. The molecule has 0 N–H and O–H groups in total. The van der Waals surface area contributed by atoms with Crippen LogP contribution in [0.4, 0.5) is 0 Å². The van der Waals surface area contributed by atoms with Crippen LogP contribution in [0.1, 0.15) is 39.0 Å². The number of hydrogen-bond donors (Lipinski definition) is 0. The van der Waals surface area contributed by atoms with Crippen LogP contribution in [0.15, 0.2) is 12.2 Å². The topological polar surface area (TPSA) is 66.4 Å². The number of rotatable bonds is 10. The summed E-state index contributed by atoms with van der Waals surface area (Å²) >= 11 is 0. The highest BCUT2D eigenvalue weighted by atomic mass is 16.5. The maximum absolute atomic E-state index is 11.1. The first kappa shape index (κ1) is 18.6. The van der Waals surface area contributed by atoms with Crippen molar-refractivity contribution in [3.63, 3.8) is 0 Å². The van der Waals surface area contributed by atoms with E-state index in [-0.39, 0.29) is 5.97 Å². The van der Waals surface area contributed by atoms with Gasteiger partial charge in [-0.1, -0.05) is 19.4 Å². The summed E-state index contributed by atoms with van der Waals surface area (Å²) in [6.45, 7) is 5.52. The molecule has 0 aromatic rings. The largest absolute Gasteiger partial charge is 0.544 e. The average molecular weight is 285 g/mol. The molecule has 20 heavy (non-hydrogen) atoms. The quantitative estimate of drug-likeness (QED) is 0.259. The number of likely N-dealkylation sites (N-methyl/N-ethyl adjacent to an activating group) is 1. The second-order valence-electron chi connectivity index (χ2n) is 6.07. The van der Waals surface area contributed by atoms with Crippen molar-refractivity contribution in [3.05, 3.63) is 12.2 Å². The van der Waals surface area contributed by atoms with Crippen LogP contribution in [0.3, 0.4) is 0 Å². The number of esters is 1. The Balaban J connectivity index is 3.73. The van der Waals surface area contributed by atoms with Crippen molar-refractivity contribution >= 4 is 11.9 Å². The van der Waals surface area contributed by atoms with Crippen molar-refractivity contribution < 1.29 is 23.9 Å². The number of unbranched alkanes of at least 4 members (excludes halogenated alkanes) is 3. The molecule has 1 atom stereocenters. The fraction of sp³-hybridized carbons (Fsp3) is 0.733. The highest BCUT2D eigenvalue weighted by Crippen LogP contribution is 2.13. The molecule has 0 amide bonds. The molecule has 116 valence electrons. The Morgan fingerprint density at radius 2 is 1.70 bits per heavy atom. The van der Waals surface area contributed by atoms with E-state index >= 15 is 0 Å². The van der Waals surface area contributed by atoms with Crippen LogP contribution in [0.25, 0.3) is 0 Å². The van der Waals surface area contributed by atoms with E-state index in [0.717, 1.165) is 25.7 Å². The van der Waals surface area contributed by atoms with Crippen molar-refractivity contribution in [1.29, 1.82) is 0 Å². The first-order chi connectivity index (χ1) is 9.16. The van der Waals surface area contributed by atoms with Gasteiger partial charge in [0.2, 0.25) is 0 Å². The number of carboxylic acid groups (broad SMARTS) is 1. The normalized spacial score (nSPS) is 12.8. The lowest BCUT2D eigenvalue weighted by molar-refractivity contribution is -0.889. The van der Waals surface area contributed by atoms with Gasteiger partial charge in [-0.3, -0.25) is 0 Å². The monoisotopic (exact) mass is 285 g/mol. The van der Waals surface area contributed by atoms with Gasteiger partial charge in [-0.2, -0.15) is 0 Å². The average Bonchev–Trinajstić information content (AvgIpc) is 2.29. The molecule has 0 aliphatic heterocycles. The molecule has 1 unspecified atom stereocenters. The minimum absolute atomic E-state index is 0.355. The molecule has 0 saturated heterocycles. The van der Waals surface area contributed by atoms with Gasteiger partial charge in [-0.25, -0.2) is 4.79 Å². The zero-order chi connectivity index (χ0) is 15.8. The molecule has 0 aliphatic carbocycles. The van der Waals surface area contributed by atoms with E-state index in [2.05, 4.69) is 6.58 Å². The number of quaternary nitrogens is 1. The molecule has 0 rings (SSSR count). The maximum atomic E-state index is 11.1. The molecule has 0 aromatic heterocycles.